The van der Waals surface area contributed by atoms with E-state index in [9.17, 15) is 0 Å². The summed E-state index contributed by atoms with van der Waals surface area (Å²) in [4.78, 5) is 15.0. The molecule has 8 fully saturated rings. The van der Waals surface area contributed by atoms with Gasteiger partial charge in [0.2, 0.25) is 0 Å². The lowest BCUT2D eigenvalue weighted by atomic mass is 9.75. The van der Waals surface area contributed by atoms with Crippen LogP contribution in [0.5, 0.6) is 0 Å². The molecule has 0 aromatic rings. The molecule has 0 aromatic heterocycles. The van der Waals surface area contributed by atoms with Gasteiger partial charge in [-0.3, -0.25) is 9.80 Å². The van der Waals surface area contributed by atoms with Crippen molar-refractivity contribution < 1.29 is 4.74 Å². The standard InChI is InChI=1S/C11H23N.C10H22N2.C10H21N.C9H20N2.2C6H12.C5H10O.4C5H12.C4H10N2.4CH4/c1-5-12-8-6-10(7-9-12)11(2,3)4;1-5-11-6-8-12(9-7-11)10(2,3)4;1-10(2,3)9-5-7-11(4)8-6-9;1-9(2,3)11-7-5-10(4)6-8-11;3*1-2-4-6-5-3-1;4*1-5(2,3)4;1-2-6-4-3-5-1;;;;/h10H,5-9H2,1-4H3;5-9H2,1-4H3;9H,5-8H2,1-4H3;5-8H2,1-4H3;2*1-6H2;1-5H2;4*1-4H3;5-6H,1-4H2;4*1H4. The molecule has 94 heavy (non-hydrogen) atoms. The SMILES string of the molecule is C.C.C.C.C1CCCCC1.C1CCCCC1.C1CCOCC1.C1CNCCN1.CC(C)(C)C.CC(C)(C)C.CC(C)(C)C.CC(C)(C)C.CCN1CCC(C(C)(C)C)CC1.CCN1CCN(C(C)(C)C)CC1.CN1CCC(C(C)(C)C)CC1.CN1CCN(C(C)(C)C)CC1. The third-order valence-corrected chi connectivity index (χ3v) is 16.5. The monoisotopic (exact) mass is 1340 g/mol. The van der Waals surface area contributed by atoms with Gasteiger partial charge in [-0.1, -0.05) is 273 Å². The minimum atomic E-state index is 0. The normalized spacial score (nSPS) is 20.2. The molecule has 9 heteroatoms. The summed E-state index contributed by atoms with van der Waals surface area (Å²) in [5, 5.41) is 6.44. The third kappa shape index (κ3) is 89.7. The van der Waals surface area contributed by atoms with Crippen LogP contribution in [0, 0.1) is 44.3 Å². The van der Waals surface area contributed by atoms with Gasteiger partial charge in [0.1, 0.15) is 0 Å². The molecule has 8 aliphatic rings. The second kappa shape index (κ2) is 60.2. The van der Waals surface area contributed by atoms with Crippen molar-refractivity contribution in [1.29, 1.82) is 0 Å². The minimum Gasteiger partial charge on any atom is -0.381 e. The maximum Gasteiger partial charge on any atom is 0.0466 e. The highest BCUT2D eigenvalue weighted by atomic mass is 16.5. The van der Waals surface area contributed by atoms with E-state index in [2.05, 4.69) is 262 Å². The Balaban J connectivity index is -0.000000145. The summed E-state index contributed by atoms with van der Waals surface area (Å²) >= 11 is 0. The van der Waals surface area contributed by atoms with Crippen molar-refractivity contribution in [3.8, 4) is 0 Å². The fourth-order valence-electron chi connectivity index (χ4n) is 10.6. The van der Waals surface area contributed by atoms with E-state index in [-0.39, 0.29) is 29.7 Å². The highest BCUT2D eigenvalue weighted by molar-refractivity contribution is 4.83. The zero-order chi connectivity index (χ0) is 70.3. The Hall–Kier alpha value is -0.360. The summed E-state index contributed by atoms with van der Waals surface area (Å²) < 4.78 is 5.07. The third-order valence-electron chi connectivity index (χ3n) is 16.5. The van der Waals surface area contributed by atoms with Crippen LogP contribution in [0.1, 0.15) is 359 Å². The Morgan fingerprint density at radius 3 is 0.670 bits per heavy atom. The lowest BCUT2D eigenvalue weighted by molar-refractivity contribution is 0.0648. The number of piperidine rings is 2. The first-order valence-corrected chi connectivity index (χ1v) is 38.4. The number of hydrogen-bond donors (Lipinski definition) is 2. The van der Waals surface area contributed by atoms with Crippen LogP contribution < -0.4 is 10.6 Å². The van der Waals surface area contributed by atoms with Crippen molar-refractivity contribution in [2.45, 2.75) is 370 Å². The van der Waals surface area contributed by atoms with E-state index >= 15 is 0 Å². The smallest absolute Gasteiger partial charge is 0.0466 e. The molecular formula is C85H194N8O. The summed E-state index contributed by atoms with van der Waals surface area (Å²) in [6, 6.07) is 0. The van der Waals surface area contributed by atoms with Crippen LogP contribution in [0.15, 0.2) is 0 Å². The molecule has 0 bridgehead atoms. The van der Waals surface area contributed by atoms with Crippen LogP contribution in [0.2, 0.25) is 0 Å². The molecule has 6 saturated heterocycles. The topological polar surface area (TPSA) is 52.7 Å². The number of likely N-dealkylation sites (N-methyl/N-ethyl adjacent to an activating group) is 2. The molecule has 0 unspecified atom stereocenters. The van der Waals surface area contributed by atoms with Gasteiger partial charge in [0, 0.05) is 103 Å². The molecule has 0 atom stereocenters. The lowest BCUT2D eigenvalue weighted by Crippen LogP contribution is -2.53. The van der Waals surface area contributed by atoms with Crippen molar-refractivity contribution >= 4 is 0 Å². The van der Waals surface area contributed by atoms with Crippen LogP contribution >= 0.6 is 0 Å². The molecule has 0 radical (unpaired) electrons. The largest absolute Gasteiger partial charge is 0.381 e. The Morgan fingerprint density at radius 1 is 0.287 bits per heavy atom. The first-order chi connectivity index (χ1) is 41.1. The maximum atomic E-state index is 5.07. The summed E-state index contributed by atoms with van der Waals surface area (Å²) in [5.74, 6) is 1.89. The molecule has 8 rings (SSSR count). The average Bonchev–Trinajstić information content (AvgIpc) is 1.69. The molecule has 0 amide bonds. The van der Waals surface area contributed by atoms with Crippen LogP contribution in [0.3, 0.4) is 0 Å². The van der Waals surface area contributed by atoms with Gasteiger partial charge >= 0.3 is 0 Å². The van der Waals surface area contributed by atoms with E-state index in [1.165, 1.54) is 214 Å². The van der Waals surface area contributed by atoms with Gasteiger partial charge in [-0.25, -0.2) is 0 Å². The minimum absolute atomic E-state index is 0. The average molecular weight is 1340 g/mol. The van der Waals surface area contributed by atoms with E-state index in [0.29, 0.717) is 43.6 Å². The first kappa shape index (κ1) is 110. The Morgan fingerprint density at radius 2 is 0.489 bits per heavy atom. The molecule has 2 saturated carbocycles. The second-order valence-electron chi connectivity index (χ2n) is 38.5. The molecule has 9 nitrogen and oxygen atoms in total. The molecule has 2 aliphatic carbocycles. The zero-order valence-corrected chi connectivity index (χ0v) is 68.8. The van der Waals surface area contributed by atoms with Gasteiger partial charge in [0.05, 0.1) is 0 Å². The number of nitrogens with one attached hydrogen (secondary N) is 2. The van der Waals surface area contributed by atoms with E-state index in [1.807, 2.05) is 0 Å². The van der Waals surface area contributed by atoms with E-state index in [0.717, 1.165) is 51.2 Å². The highest BCUT2D eigenvalue weighted by Gasteiger charge is 2.29. The molecule has 2 N–H and O–H groups in total. The fourth-order valence-corrected chi connectivity index (χ4v) is 10.6. The number of likely N-dealkylation sites (tertiary alicyclic amines) is 2. The van der Waals surface area contributed by atoms with Crippen molar-refractivity contribution in [3.05, 3.63) is 0 Å². The molecule has 0 aromatic carbocycles. The number of nitrogens with zero attached hydrogens (tertiary/aromatic N) is 6. The van der Waals surface area contributed by atoms with Gasteiger partial charge in [0.15, 0.2) is 0 Å². The van der Waals surface area contributed by atoms with Gasteiger partial charge in [-0.15, -0.1) is 0 Å². The Labute approximate surface area is 601 Å². The molecule has 6 aliphatic heterocycles. The van der Waals surface area contributed by atoms with Crippen LogP contribution in [-0.4, -0.2) is 186 Å². The highest BCUT2D eigenvalue weighted by Crippen LogP contribution is 2.35. The van der Waals surface area contributed by atoms with Gasteiger partial charge < -0.3 is 35.0 Å². The fraction of sp³-hybridized carbons (Fsp3) is 1.00. The zero-order valence-electron chi connectivity index (χ0n) is 68.8. The van der Waals surface area contributed by atoms with Crippen LogP contribution in [-0.2, 0) is 4.74 Å². The Kier molecular flexibility index (Phi) is 70.2. The molecule has 6 heterocycles. The van der Waals surface area contributed by atoms with E-state index in [1.54, 1.807) is 0 Å². The van der Waals surface area contributed by atoms with Gasteiger partial charge in [0.25, 0.3) is 0 Å². The van der Waals surface area contributed by atoms with Crippen molar-refractivity contribution in [1.82, 2.24) is 40.0 Å². The van der Waals surface area contributed by atoms with Crippen molar-refractivity contribution in [3.63, 3.8) is 0 Å². The number of piperazine rings is 3. The molecule has 0 spiro atoms. The van der Waals surface area contributed by atoms with Crippen LogP contribution in [0.4, 0.5) is 0 Å². The first-order valence-electron chi connectivity index (χ1n) is 38.4. The predicted molar refractivity (Wildman–Crippen MR) is 439 cm³/mol. The summed E-state index contributed by atoms with van der Waals surface area (Å²) in [5.41, 5.74) is 3.78. The Bertz CT molecular complexity index is 1250. The molecular weight excluding hydrogens is 1150 g/mol. The number of rotatable bonds is 2. The van der Waals surface area contributed by atoms with Gasteiger partial charge in [-0.2, -0.15) is 0 Å². The number of hydrogen-bond acceptors (Lipinski definition) is 9. The molecule has 580 valence electrons. The second-order valence-corrected chi connectivity index (χ2v) is 38.5. The van der Waals surface area contributed by atoms with E-state index < -0.39 is 0 Å². The summed E-state index contributed by atoms with van der Waals surface area (Å²) in [6.45, 7) is 91.5. The summed E-state index contributed by atoms with van der Waals surface area (Å²) in [6.07, 6.45) is 27.5. The summed E-state index contributed by atoms with van der Waals surface area (Å²) in [7, 11) is 4.42. The van der Waals surface area contributed by atoms with Gasteiger partial charge in [-0.05, 0) is 184 Å². The quantitative estimate of drug-likeness (QED) is 0.282. The van der Waals surface area contributed by atoms with Crippen molar-refractivity contribution in [2.75, 3.05) is 145 Å². The maximum absolute atomic E-state index is 5.07. The van der Waals surface area contributed by atoms with E-state index in [4.69, 9.17) is 4.74 Å². The number of ether oxygens (including phenoxy) is 1. The van der Waals surface area contributed by atoms with Crippen LogP contribution in [0.25, 0.3) is 0 Å². The lowest BCUT2D eigenvalue weighted by Gasteiger charge is -2.42. The van der Waals surface area contributed by atoms with Crippen molar-refractivity contribution in [2.24, 2.45) is 44.3 Å². The predicted octanol–water partition coefficient (Wildman–Crippen LogP) is 23.4.